The highest BCUT2D eigenvalue weighted by molar-refractivity contribution is 7.99. The van der Waals surface area contributed by atoms with Gasteiger partial charge < -0.3 is 11.1 Å². The first-order chi connectivity index (χ1) is 6.65. The summed E-state index contributed by atoms with van der Waals surface area (Å²) in [4.78, 5) is 11.6. The number of carbonyl (C=O) groups excluding carboxylic acids is 1. The Morgan fingerprint density at radius 2 is 2.21 bits per heavy atom. The summed E-state index contributed by atoms with van der Waals surface area (Å²) in [5.41, 5.74) is 5.53. The number of hydrogen-bond donors (Lipinski definition) is 2. The molecule has 14 heavy (non-hydrogen) atoms. The van der Waals surface area contributed by atoms with Crippen LogP contribution >= 0.6 is 11.8 Å². The molecule has 1 amide bonds. The molecule has 3 N–H and O–H groups in total. The van der Waals surface area contributed by atoms with Gasteiger partial charge in [-0.15, -0.1) is 0 Å². The van der Waals surface area contributed by atoms with E-state index in [1.54, 1.807) is 11.8 Å². The fourth-order valence-electron chi connectivity index (χ4n) is 1.18. The standard InChI is InChI=1S/C10H22N2OS/c1-4-5-9(6-11)10(13)12-7-8(2)14-3/h8-9H,4-7,11H2,1-3H3,(H,12,13). The minimum Gasteiger partial charge on any atom is -0.355 e. The van der Waals surface area contributed by atoms with Gasteiger partial charge in [-0.05, 0) is 12.7 Å². The molecular weight excluding hydrogens is 196 g/mol. The second-order valence-electron chi connectivity index (χ2n) is 3.51. The molecule has 0 heterocycles. The molecule has 0 radical (unpaired) electrons. The summed E-state index contributed by atoms with van der Waals surface area (Å²) in [6.45, 7) is 5.36. The third kappa shape index (κ3) is 5.50. The zero-order valence-corrected chi connectivity index (χ0v) is 10.2. The van der Waals surface area contributed by atoms with E-state index in [4.69, 9.17) is 5.73 Å². The summed E-state index contributed by atoms with van der Waals surface area (Å²) < 4.78 is 0. The molecule has 0 aromatic heterocycles. The lowest BCUT2D eigenvalue weighted by molar-refractivity contribution is -0.124. The summed E-state index contributed by atoms with van der Waals surface area (Å²) in [5, 5.41) is 3.40. The highest BCUT2D eigenvalue weighted by Crippen LogP contribution is 2.06. The first-order valence-corrected chi connectivity index (χ1v) is 6.45. The molecule has 0 fully saturated rings. The van der Waals surface area contributed by atoms with Crippen LogP contribution < -0.4 is 11.1 Å². The van der Waals surface area contributed by atoms with Gasteiger partial charge in [-0.2, -0.15) is 11.8 Å². The number of amides is 1. The van der Waals surface area contributed by atoms with Crippen molar-refractivity contribution in [1.29, 1.82) is 0 Å². The normalized spacial score (nSPS) is 14.9. The Kier molecular flexibility index (Phi) is 7.99. The second-order valence-corrected chi connectivity index (χ2v) is 4.79. The summed E-state index contributed by atoms with van der Waals surface area (Å²) in [6.07, 6.45) is 3.94. The second kappa shape index (κ2) is 8.12. The molecular formula is C10H22N2OS. The Morgan fingerprint density at radius 1 is 1.57 bits per heavy atom. The van der Waals surface area contributed by atoms with Gasteiger partial charge >= 0.3 is 0 Å². The summed E-state index contributed by atoms with van der Waals surface area (Å²) in [5.74, 6) is 0.101. The van der Waals surface area contributed by atoms with Crippen molar-refractivity contribution in [3.63, 3.8) is 0 Å². The van der Waals surface area contributed by atoms with Gasteiger partial charge in [0.15, 0.2) is 0 Å². The van der Waals surface area contributed by atoms with Gasteiger partial charge in [-0.1, -0.05) is 20.3 Å². The van der Waals surface area contributed by atoms with E-state index in [1.807, 2.05) is 6.26 Å². The van der Waals surface area contributed by atoms with Crippen LogP contribution in [-0.2, 0) is 4.79 Å². The lowest BCUT2D eigenvalue weighted by Gasteiger charge is -2.15. The van der Waals surface area contributed by atoms with Gasteiger partial charge in [0.25, 0.3) is 0 Å². The molecule has 4 heteroatoms. The lowest BCUT2D eigenvalue weighted by Crippen LogP contribution is -2.37. The summed E-state index contributed by atoms with van der Waals surface area (Å²) in [7, 11) is 0. The number of thioether (sulfide) groups is 1. The minimum atomic E-state index is -0.00550. The van der Waals surface area contributed by atoms with Crippen LogP contribution in [0.4, 0.5) is 0 Å². The van der Waals surface area contributed by atoms with E-state index in [2.05, 4.69) is 19.2 Å². The third-order valence-electron chi connectivity index (χ3n) is 2.26. The van der Waals surface area contributed by atoms with E-state index >= 15 is 0 Å². The molecule has 0 aliphatic heterocycles. The predicted octanol–water partition coefficient (Wildman–Crippen LogP) is 1.23. The van der Waals surface area contributed by atoms with Crippen molar-refractivity contribution < 1.29 is 4.79 Å². The molecule has 3 nitrogen and oxygen atoms in total. The molecule has 0 saturated carbocycles. The highest BCUT2D eigenvalue weighted by atomic mass is 32.2. The van der Waals surface area contributed by atoms with Gasteiger partial charge in [-0.3, -0.25) is 4.79 Å². The van der Waals surface area contributed by atoms with Crippen LogP contribution in [-0.4, -0.2) is 30.5 Å². The van der Waals surface area contributed by atoms with Crippen molar-refractivity contribution in [1.82, 2.24) is 5.32 Å². The van der Waals surface area contributed by atoms with Gasteiger partial charge in [0, 0.05) is 18.3 Å². The Hall–Kier alpha value is -0.220. The SMILES string of the molecule is CCCC(CN)C(=O)NCC(C)SC. The molecule has 0 rings (SSSR count). The number of hydrogen-bond acceptors (Lipinski definition) is 3. The van der Waals surface area contributed by atoms with Crippen molar-refractivity contribution in [3.8, 4) is 0 Å². The fourth-order valence-corrected chi connectivity index (χ4v) is 1.43. The molecule has 0 saturated heterocycles. The van der Waals surface area contributed by atoms with Crippen molar-refractivity contribution >= 4 is 17.7 Å². The van der Waals surface area contributed by atoms with Gasteiger partial charge in [-0.25, -0.2) is 0 Å². The van der Waals surface area contributed by atoms with Crippen molar-refractivity contribution in [2.45, 2.75) is 31.9 Å². The van der Waals surface area contributed by atoms with Crippen LogP contribution in [0.2, 0.25) is 0 Å². The maximum atomic E-state index is 11.6. The van der Waals surface area contributed by atoms with E-state index in [-0.39, 0.29) is 11.8 Å². The Bertz CT molecular complexity index is 164. The molecule has 0 spiro atoms. The largest absolute Gasteiger partial charge is 0.355 e. The van der Waals surface area contributed by atoms with Crippen LogP contribution in [0.25, 0.3) is 0 Å². The highest BCUT2D eigenvalue weighted by Gasteiger charge is 2.15. The van der Waals surface area contributed by atoms with E-state index in [0.29, 0.717) is 11.8 Å². The van der Waals surface area contributed by atoms with E-state index in [9.17, 15) is 4.79 Å². The van der Waals surface area contributed by atoms with Gasteiger partial charge in [0.05, 0.1) is 5.92 Å². The zero-order valence-electron chi connectivity index (χ0n) is 9.38. The number of rotatable bonds is 7. The van der Waals surface area contributed by atoms with Crippen LogP contribution in [0, 0.1) is 5.92 Å². The molecule has 84 valence electrons. The van der Waals surface area contributed by atoms with Gasteiger partial charge in [0.1, 0.15) is 0 Å². The van der Waals surface area contributed by atoms with Crippen molar-refractivity contribution in [3.05, 3.63) is 0 Å². The molecule has 0 aromatic rings. The fraction of sp³-hybridized carbons (Fsp3) is 0.900. The third-order valence-corrected chi connectivity index (χ3v) is 3.23. The minimum absolute atomic E-state index is 0.00550. The first kappa shape index (κ1) is 13.8. The van der Waals surface area contributed by atoms with E-state index < -0.39 is 0 Å². The molecule has 2 atom stereocenters. The van der Waals surface area contributed by atoms with Crippen molar-refractivity contribution in [2.24, 2.45) is 11.7 Å². The molecule has 0 aromatic carbocycles. The average Bonchev–Trinajstić information content (AvgIpc) is 2.21. The van der Waals surface area contributed by atoms with E-state index in [0.717, 1.165) is 19.4 Å². The topological polar surface area (TPSA) is 55.1 Å². The lowest BCUT2D eigenvalue weighted by atomic mass is 10.0. The van der Waals surface area contributed by atoms with Crippen LogP contribution in [0.3, 0.4) is 0 Å². The van der Waals surface area contributed by atoms with Crippen LogP contribution in [0.15, 0.2) is 0 Å². The Balaban J connectivity index is 3.80. The number of nitrogens with two attached hydrogens (primary N) is 1. The molecule has 0 bridgehead atoms. The van der Waals surface area contributed by atoms with E-state index in [1.165, 1.54) is 0 Å². The molecule has 0 aliphatic carbocycles. The maximum Gasteiger partial charge on any atom is 0.224 e. The summed E-state index contributed by atoms with van der Waals surface area (Å²) >= 11 is 1.75. The Labute approximate surface area is 91.2 Å². The average molecular weight is 218 g/mol. The smallest absolute Gasteiger partial charge is 0.224 e. The van der Waals surface area contributed by atoms with Crippen molar-refractivity contribution in [2.75, 3.05) is 19.3 Å². The monoisotopic (exact) mass is 218 g/mol. The summed E-state index contributed by atoms with van der Waals surface area (Å²) in [6, 6.07) is 0. The van der Waals surface area contributed by atoms with Crippen LogP contribution in [0.1, 0.15) is 26.7 Å². The maximum absolute atomic E-state index is 11.6. The number of carbonyl (C=O) groups is 1. The Morgan fingerprint density at radius 3 is 2.64 bits per heavy atom. The zero-order chi connectivity index (χ0) is 11.0. The molecule has 2 unspecified atom stereocenters. The van der Waals surface area contributed by atoms with Gasteiger partial charge in [0.2, 0.25) is 5.91 Å². The van der Waals surface area contributed by atoms with Crippen LogP contribution in [0.5, 0.6) is 0 Å². The predicted molar refractivity (Wildman–Crippen MR) is 63.4 cm³/mol. The quantitative estimate of drug-likeness (QED) is 0.676. The number of nitrogens with one attached hydrogen (secondary N) is 1. The molecule has 0 aliphatic rings. The first-order valence-electron chi connectivity index (χ1n) is 5.16.